The zero-order valence-corrected chi connectivity index (χ0v) is 9.89. The maximum Gasteiger partial charge on any atom is 0.262 e. The van der Waals surface area contributed by atoms with E-state index in [0.717, 1.165) is 5.69 Å². The summed E-state index contributed by atoms with van der Waals surface area (Å²) < 4.78 is 5.30. The molecular formula is C11H13ClN2O2. The van der Waals surface area contributed by atoms with Gasteiger partial charge in [0.15, 0.2) is 6.61 Å². The first-order chi connectivity index (χ1) is 7.56. The molecule has 1 heterocycles. The van der Waals surface area contributed by atoms with E-state index in [0.29, 0.717) is 16.5 Å². The highest BCUT2D eigenvalue weighted by atomic mass is 35.5. The molecule has 0 saturated heterocycles. The molecule has 1 aromatic rings. The van der Waals surface area contributed by atoms with Gasteiger partial charge in [0.1, 0.15) is 5.75 Å². The van der Waals surface area contributed by atoms with Crippen LogP contribution in [-0.2, 0) is 4.79 Å². The van der Waals surface area contributed by atoms with E-state index in [-0.39, 0.29) is 18.6 Å². The van der Waals surface area contributed by atoms with Crippen molar-refractivity contribution < 1.29 is 9.53 Å². The third kappa shape index (κ3) is 2.22. The Bertz CT molecular complexity index is 432. The molecule has 0 aromatic heterocycles. The molecule has 16 heavy (non-hydrogen) atoms. The number of anilines is 2. The molecule has 0 fully saturated rings. The van der Waals surface area contributed by atoms with Gasteiger partial charge in [-0.25, -0.2) is 0 Å². The Balaban J connectivity index is 2.34. The smallest absolute Gasteiger partial charge is 0.262 e. The lowest BCUT2D eigenvalue weighted by Crippen LogP contribution is -2.25. The number of nitrogens with one attached hydrogen (secondary N) is 2. The molecule has 5 heteroatoms. The number of hydrogen-bond acceptors (Lipinski definition) is 3. The topological polar surface area (TPSA) is 50.4 Å². The number of amides is 1. The quantitative estimate of drug-likeness (QED) is 0.835. The molecule has 0 atom stereocenters. The Morgan fingerprint density at radius 2 is 2.25 bits per heavy atom. The van der Waals surface area contributed by atoms with Crippen LogP contribution in [0.1, 0.15) is 13.8 Å². The van der Waals surface area contributed by atoms with E-state index in [1.165, 1.54) is 0 Å². The second-order valence-electron chi connectivity index (χ2n) is 3.96. The first-order valence-corrected chi connectivity index (χ1v) is 5.47. The minimum absolute atomic E-state index is 0.0513. The highest BCUT2D eigenvalue weighted by Gasteiger charge is 2.18. The monoisotopic (exact) mass is 240 g/mol. The van der Waals surface area contributed by atoms with Crippen molar-refractivity contribution in [3.05, 3.63) is 17.2 Å². The zero-order chi connectivity index (χ0) is 11.7. The van der Waals surface area contributed by atoms with Crippen LogP contribution in [0.2, 0.25) is 5.02 Å². The van der Waals surface area contributed by atoms with Crippen LogP contribution in [0.4, 0.5) is 11.4 Å². The van der Waals surface area contributed by atoms with E-state index in [4.69, 9.17) is 16.3 Å². The molecule has 0 unspecified atom stereocenters. The molecule has 0 saturated carbocycles. The molecule has 2 N–H and O–H groups in total. The first-order valence-electron chi connectivity index (χ1n) is 5.09. The minimum atomic E-state index is -0.159. The zero-order valence-electron chi connectivity index (χ0n) is 9.13. The maximum absolute atomic E-state index is 11.1. The van der Waals surface area contributed by atoms with Gasteiger partial charge in [0.05, 0.1) is 16.4 Å². The molecule has 1 aliphatic rings. The number of ether oxygens (including phenoxy) is 1. The number of hydrogen-bond donors (Lipinski definition) is 2. The predicted octanol–water partition coefficient (Wildman–Crippen LogP) is 2.49. The molecule has 0 spiro atoms. The molecule has 2 rings (SSSR count). The summed E-state index contributed by atoms with van der Waals surface area (Å²) in [6.07, 6.45) is 0. The van der Waals surface area contributed by atoms with Gasteiger partial charge in [0.2, 0.25) is 0 Å². The number of carbonyl (C=O) groups excluding carboxylic acids is 1. The van der Waals surface area contributed by atoms with Crippen molar-refractivity contribution in [3.63, 3.8) is 0 Å². The molecule has 1 aliphatic heterocycles. The normalized spacial score (nSPS) is 14.1. The summed E-state index contributed by atoms with van der Waals surface area (Å²) in [4.78, 5) is 11.1. The summed E-state index contributed by atoms with van der Waals surface area (Å²) in [5.41, 5.74) is 1.43. The third-order valence-electron chi connectivity index (χ3n) is 2.15. The highest BCUT2D eigenvalue weighted by molar-refractivity contribution is 6.33. The molecule has 1 amide bonds. The van der Waals surface area contributed by atoms with Gasteiger partial charge in [0.25, 0.3) is 5.91 Å². The second kappa shape index (κ2) is 4.22. The lowest BCUT2D eigenvalue weighted by molar-refractivity contribution is -0.118. The Morgan fingerprint density at radius 3 is 2.94 bits per heavy atom. The van der Waals surface area contributed by atoms with Crippen molar-refractivity contribution in [1.82, 2.24) is 0 Å². The molecular weight excluding hydrogens is 228 g/mol. The van der Waals surface area contributed by atoms with E-state index in [1.54, 1.807) is 12.1 Å². The second-order valence-corrected chi connectivity index (χ2v) is 4.37. The van der Waals surface area contributed by atoms with Gasteiger partial charge in [-0.2, -0.15) is 0 Å². The van der Waals surface area contributed by atoms with Crippen LogP contribution in [0.15, 0.2) is 12.1 Å². The van der Waals surface area contributed by atoms with Crippen LogP contribution in [0.5, 0.6) is 5.75 Å². The van der Waals surface area contributed by atoms with Crippen molar-refractivity contribution in [2.24, 2.45) is 0 Å². The SMILES string of the molecule is CC(C)Nc1cc2c(cc1Cl)NC(=O)CO2. The predicted molar refractivity (Wildman–Crippen MR) is 64.3 cm³/mol. The summed E-state index contributed by atoms with van der Waals surface area (Å²) in [5.74, 6) is 0.486. The summed E-state index contributed by atoms with van der Waals surface area (Å²) in [5, 5.41) is 6.48. The van der Waals surface area contributed by atoms with Crippen LogP contribution < -0.4 is 15.4 Å². The lowest BCUT2D eigenvalue weighted by atomic mass is 10.2. The molecule has 0 aliphatic carbocycles. The molecule has 4 nitrogen and oxygen atoms in total. The largest absolute Gasteiger partial charge is 0.482 e. The van der Waals surface area contributed by atoms with Crippen LogP contribution in [-0.4, -0.2) is 18.6 Å². The Kier molecular flexibility index (Phi) is 2.92. The van der Waals surface area contributed by atoms with E-state index in [1.807, 2.05) is 13.8 Å². The molecule has 0 bridgehead atoms. The van der Waals surface area contributed by atoms with Crippen LogP contribution in [0, 0.1) is 0 Å². The molecule has 0 radical (unpaired) electrons. The van der Waals surface area contributed by atoms with Crippen molar-refractivity contribution in [2.45, 2.75) is 19.9 Å². The summed E-state index contributed by atoms with van der Waals surface area (Å²) in [6, 6.07) is 3.78. The highest BCUT2D eigenvalue weighted by Crippen LogP contribution is 2.36. The van der Waals surface area contributed by atoms with Crippen molar-refractivity contribution >= 4 is 28.9 Å². The van der Waals surface area contributed by atoms with Gasteiger partial charge in [-0.15, -0.1) is 0 Å². The molecule has 86 valence electrons. The van der Waals surface area contributed by atoms with Crippen LogP contribution >= 0.6 is 11.6 Å². The van der Waals surface area contributed by atoms with Gasteiger partial charge >= 0.3 is 0 Å². The number of benzene rings is 1. The summed E-state index contributed by atoms with van der Waals surface area (Å²) in [6.45, 7) is 4.10. The fourth-order valence-electron chi connectivity index (χ4n) is 1.52. The summed E-state index contributed by atoms with van der Waals surface area (Å²) >= 11 is 6.08. The van der Waals surface area contributed by atoms with Crippen molar-refractivity contribution in [2.75, 3.05) is 17.2 Å². The fraction of sp³-hybridized carbons (Fsp3) is 0.364. The van der Waals surface area contributed by atoms with Crippen LogP contribution in [0.3, 0.4) is 0 Å². The molecule has 1 aromatic carbocycles. The van der Waals surface area contributed by atoms with E-state index in [9.17, 15) is 4.79 Å². The van der Waals surface area contributed by atoms with Gasteiger partial charge < -0.3 is 15.4 Å². The number of halogens is 1. The third-order valence-corrected chi connectivity index (χ3v) is 2.46. The van der Waals surface area contributed by atoms with Crippen molar-refractivity contribution in [1.29, 1.82) is 0 Å². The van der Waals surface area contributed by atoms with Gasteiger partial charge in [-0.3, -0.25) is 4.79 Å². The van der Waals surface area contributed by atoms with Crippen molar-refractivity contribution in [3.8, 4) is 5.75 Å². The Morgan fingerprint density at radius 1 is 1.50 bits per heavy atom. The van der Waals surface area contributed by atoms with E-state index >= 15 is 0 Å². The van der Waals surface area contributed by atoms with Gasteiger partial charge in [0, 0.05) is 12.1 Å². The van der Waals surface area contributed by atoms with E-state index < -0.39 is 0 Å². The van der Waals surface area contributed by atoms with E-state index in [2.05, 4.69) is 10.6 Å². The minimum Gasteiger partial charge on any atom is -0.482 e. The standard InChI is InChI=1S/C11H13ClN2O2/c1-6(2)13-8-4-10-9(3-7(8)12)14-11(15)5-16-10/h3-4,6,13H,5H2,1-2H3,(H,14,15). The number of fused-ring (bicyclic) bond motifs is 1. The number of carbonyl (C=O) groups is 1. The van der Waals surface area contributed by atoms with Gasteiger partial charge in [-0.05, 0) is 19.9 Å². The number of rotatable bonds is 2. The Labute approximate surface area is 98.9 Å². The average Bonchev–Trinajstić information content (AvgIpc) is 2.19. The fourth-order valence-corrected chi connectivity index (χ4v) is 1.74. The maximum atomic E-state index is 11.1. The first kappa shape index (κ1) is 11.1. The average molecular weight is 241 g/mol. The van der Waals surface area contributed by atoms with Crippen LogP contribution in [0.25, 0.3) is 0 Å². The lowest BCUT2D eigenvalue weighted by Gasteiger charge is -2.20. The van der Waals surface area contributed by atoms with Gasteiger partial charge in [-0.1, -0.05) is 11.6 Å². The summed E-state index contributed by atoms with van der Waals surface area (Å²) in [7, 11) is 0. The Hall–Kier alpha value is -1.42.